The zero-order valence-corrected chi connectivity index (χ0v) is 10.1. The molecule has 1 atom stereocenters. The van der Waals surface area contributed by atoms with Gasteiger partial charge in [0.2, 0.25) is 5.88 Å². The van der Waals surface area contributed by atoms with Crippen LogP contribution in [-0.2, 0) is 4.74 Å². The van der Waals surface area contributed by atoms with E-state index in [2.05, 4.69) is 15.3 Å². The normalized spacial score (nSPS) is 23.9. The van der Waals surface area contributed by atoms with Crippen molar-refractivity contribution in [1.29, 1.82) is 0 Å². The summed E-state index contributed by atoms with van der Waals surface area (Å²) in [5, 5.41) is 3.23. The number of morpholine rings is 1. The second kappa shape index (κ2) is 5.07. The van der Waals surface area contributed by atoms with Crippen LogP contribution < -0.4 is 15.6 Å². The van der Waals surface area contributed by atoms with E-state index in [9.17, 15) is 4.79 Å². The van der Waals surface area contributed by atoms with Crippen molar-refractivity contribution in [2.45, 2.75) is 24.9 Å². The maximum absolute atomic E-state index is 11.5. The number of aromatic amines is 1. The van der Waals surface area contributed by atoms with Crippen LogP contribution in [0.2, 0.25) is 0 Å². The zero-order valence-electron chi connectivity index (χ0n) is 10.1. The first-order valence-electron chi connectivity index (χ1n) is 6.37. The van der Waals surface area contributed by atoms with Crippen molar-refractivity contribution >= 4 is 0 Å². The molecule has 2 aliphatic rings. The molecule has 2 N–H and O–H groups in total. The van der Waals surface area contributed by atoms with Gasteiger partial charge in [0.25, 0.3) is 5.56 Å². The first-order chi connectivity index (χ1) is 8.81. The summed E-state index contributed by atoms with van der Waals surface area (Å²) in [6.07, 6.45) is 2.23. The fraction of sp³-hybridized carbons (Fsp3) is 0.667. The molecular weight excluding hydrogens is 234 g/mol. The molecule has 1 unspecified atom stereocenters. The van der Waals surface area contributed by atoms with Gasteiger partial charge in [-0.2, -0.15) is 4.98 Å². The lowest BCUT2D eigenvalue weighted by Gasteiger charge is -2.23. The van der Waals surface area contributed by atoms with Gasteiger partial charge in [-0.1, -0.05) is 0 Å². The quantitative estimate of drug-likeness (QED) is 0.788. The SMILES string of the molecule is O=c1cc(OCC2CNCCO2)nc(C2CC2)[nH]1. The molecule has 98 valence electrons. The zero-order chi connectivity index (χ0) is 12.4. The summed E-state index contributed by atoms with van der Waals surface area (Å²) < 4.78 is 11.1. The van der Waals surface area contributed by atoms with Gasteiger partial charge in [-0.3, -0.25) is 4.79 Å². The fourth-order valence-electron chi connectivity index (χ4n) is 1.98. The molecule has 0 amide bonds. The van der Waals surface area contributed by atoms with Gasteiger partial charge in [-0.25, -0.2) is 0 Å². The summed E-state index contributed by atoms with van der Waals surface area (Å²) in [7, 11) is 0. The fourth-order valence-corrected chi connectivity index (χ4v) is 1.98. The van der Waals surface area contributed by atoms with Crippen LogP contribution in [0.1, 0.15) is 24.6 Å². The van der Waals surface area contributed by atoms with Crippen molar-refractivity contribution in [2.24, 2.45) is 0 Å². The van der Waals surface area contributed by atoms with E-state index < -0.39 is 0 Å². The van der Waals surface area contributed by atoms with Crippen LogP contribution in [0.15, 0.2) is 10.9 Å². The second-order valence-electron chi connectivity index (χ2n) is 4.75. The van der Waals surface area contributed by atoms with Crippen LogP contribution in [0.25, 0.3) is 0 Å². The standard InChI is InChI=1S/C12H17N3O3/c16-10-5-11(15-12(14-10)8-1-2-8)18-7-9-6-13-3-4-17-9/h5,8-9,13H,1-4,6-7H2,(H,14,15,16). The summed E-state index contributed by atoms with van der Waals surface area (Å²) in [4.78, 5) is 18.6. The van der Waals surface area contributed by atoms with Crippen LogP contribution in [-0.4, -0.2) is 42.4 Å². The molecule has 0 bridgehead atoms. The summed E-state index contributed by atoms with van der Waals surface area (Å²) in [5.41, 5.74) is -0.149. The molecule has 2 heterocycles. The minimum Gasteiger partial charge on any atom is -0.475 e. The highest BCUT2D eigenvalue weighted by molar-refractivity contribution is 5.14. The first-order valence-corrected chi connectivity index (χ1v) is 6.37. The minimum atomic E-state index is -0.149. The maximum Gasteiger partial charge on any atom is 0.254 e. The third-order valence-corrected chi connectivity index (χ3v) is 3.12. The number of nitrogens with one attached hydrogen (secondary N) is 2. The van der Waals surface area contributed by atoms with Crippen LogP contribution >= 0.6 is 0 Å². The summed E-state index contributed by atoms with van der Waals surface area (Å²) in [5.74, 6) is 1.56. The highest BCUT2D eigenvalue weighted by atomic mass is 16.5. The number of ether oxygens (including phenoxy) is 2. The third kappa shape index (κ3) is 2.88. The lowest BCUT2D eigenvalue weighted by molar-refractivity contribution is -0.000840. The summed E-state index contributed by atoms with van der Waals surface area (Å²) in [6.45, 7) is 2.78. The summed E-state index contributed by atoms with van der Waals surface area (Å²) in [6, 6.07) is 1.39. The second-order valence-corrected chi connectivity index (χ2v) is 4.75. The van der Waals surface area contributed by atoms with Gasteiger partial charge in [0.05, 0.1) is 12.7 Å². The van der Waals surface area contributed by atoms with Gasteiger partial charge in [-0.15, -0.1) is 0 Å². The number of hydrogen-bond donors (Lipinski definition) is 2. The van der Waals surface area contributed by atoms with Crippen LogP contribution in [0.5, 0.6) is 5.88 Å². The molecule has 6 heteroatoms. The Bertz CT molecular complexity index is 464. The Morgan fingerprint density at radius 2 is 2.39 bits per heavy atom. The number of nitrogens with zero attached hydrogens (tertiary/aromatic N) is 1. The Labute approximate surface area is 105 Å². The lowest BCUT2D eigenvalue weighted by atomic mass is 10.3. The molecular formula is C12H17N3O3. The molecule has 1 aliphatic carbocycles. The monoisotopic (exact) mass is 251 g/mol. The molecule has 1 saturated heterocycles. The number of hydrogen-bond acceptors (Lipinski definition) is 5. The highest BCUT2D eigenvalue weighted by Crippen LogP contribution is 2.37. The molecule has 1 aromatic rings. The van der Waals surface area contributed by atoms with Crippen molar-refractivity contribution in [3.8, 4) is 5.88 Å². The summed E-state index contributed by atoms with van der Waals surface area (Å²) >= 11 is 0. The molecule has 1 saturated carbocycles. The van der Waals surface area contributed by atoms with Gasteiger partial charge in [-0.05, 0) is 12.8 Å². The molecule has 0 spiro atoms. The van der Waals surface area contributed by atoms with Crippen molar-refractivity contribution < 1.29 is 9.47 Å². The third-order valence-electron chi connectivity index (χ3n) is 3.12. The molecule has 0 radical (unpaired) electrons. The molecule has 3 rings (SSSR count). The van der Waals surface area contributed by atoms with Crippen molar-refractivity contribution in [3.63, 3.8) is 0 Å². The Hall–Kier alpha value is -1.40. The predicted octanol–water partition coefficient (Wildman–Crippen LogP) is 0.0145. The molecule has 0 aromatic carbocycles. The largest absolute Gasteiger partial charge is 0.475 e. The predicted molar refractivity (Wildman–Crippen MR) is 64.9 cm³/mol. The Balaban J connectivity index is 1.62. The highest BCUT2D eigenvalue weighted by Gasteiger charge is 2.26. The van der Waals surface area contributed by atoms with Gasteiger partial charge < -0.3 is 19.8 Å². The van der Waals surface area contributed by atoms with E-state index in [0.717, 1.165) is 31.8 Å². The lowest BCUT2D eigenvalue weighted by Crippen LogP contribution is -2.41. The van der Waals surface area contributed by atoms with Gasteiger partial charge in [0.15, 0.2) is 0 Å². The molecule has 6 nitrogen and oxygen atoms in total. The van der Waals surface area contributed by atoms with Crippen LogP contribution in [0.3, 0.4) is 0 Å². The number of aromatic nitrogens is 2. The van der Waals surface area contributed by atoms with Crippen molar-refractivity contribution in [2.75, 3.05) is 26.3 Å². The van der Waals surface area contributed by atoms with Gasteiger partial charge in [0.1, 0.15) is 18.5 Å². The Morgan fingerprint density at radius 1 is 1.50 bits per heavy atom. The minimum absolute atomic E-state index is 0.0317. The van der Waals surface area contributed by atoms with E-state index in [1.165, 1.54) is 6.07 Å². The van der Waals surface area contributed by atoms with E-state index >= 15 is 0 Å². The van der Waals surface area contributed by atoms with Crippen LogP contribution in [0, 0.1) is 0 Å². The average Bonchev–Trinajstić information content (AvgIpc) is 3.21. The van der Waals surface area contributed by atoms with Gasteiger partial charge in [0, 0.05) is 19.0 Å². The van der Waals surface area contributed by atoms with E-state index in [1.54, 1.807) is 0 Å². The number of rotatable bonds is 4. The van der Waals surface area contributed by atoms with Gasteiger partial charge >= 0.3 is 0 Å². The topological polar surface area (TPSA) is 76.2 Å². The van der Waals surface area contributed by atoms with E-state index in [-0.39, 0.29) is 11.7 Å². The molecule has 2 fully saturated rings. The first kappa shape index (κ1) is 11.7. The number of H-pyrrole nitrogens is 1. The van der Waals surface area contributed by atoms with E-state index in [0.29, 0.717) is 25.0 Å². The van der Waals surface area contributed by atoms with E-state index in [4.69, 9.17) is 9.47 Å². The molecule has 1 aliphatic heterocycles. The Morgan fingerprint density at radius 3 is 3.11 bits per heavy atom. The maximum atomic E-state index is 11.5. The molecule has 1 aromatic heterocycles. The smallest absolute Gasteiger partial charge is 0.254 e. The van der Waals surface area contributed by atoms with Crippen molar-refractivity contribution in [1.82, 2.24) is 15.3 Å². The van der Waals surface area contributed by atoms with Crippen molar-refractivity contribution in [3.05, 3.63) is 22.2 Å². The average molecular weight is 251 g/mol. The van der Waals surface area contributed by atoms with Crippen LogP contribution in [0.4, 0.5) is 0 Å². The molecule has 18 heavy (non-hydrogen) atoms. The Kier molecular flexibility index (Phi) is 3.29. The van der Waals surface area contributed by atoms with E-state index in [1.807, 2.05) is 0 Å².